The highest BCUT2D eigenvalue weighted by atomic mass is 32.1. The van der Waals surface area contributed by atoms with E-state index >= 15 is 0 Å². The minimum Gasteiger partial charge on any atom is -0.490 e. The SMILES string of the molecule is Cc1ncsc1CCN(C)Cc1ccc2c(c1)C[C@H](C)O2. The van der Waals surface area contributed by atoms with Crippen molar-refractivity contribution in [3.8, 4) is 5.75 Å². The smallest absolute Gasteiger partial charge is 0.123 e. The van der Waals surface area contributed by atoms with Crippen LogP contribution in [0.2, 0.25) is 0 Å². The van der Waals surface area contributed by atoms with E-state index in [4.69, 9.17) is 4.74 Å². The van der Waals surface area contributed by atoms with Crippen molar-refractivity contribution >= 4 is 11.3 Å². The van der Waals surface area contributed by atoms with Gasteiger partial charge in [0.05, 0.1) is 11.2 Å². The van der Waals surface area contributed by atoms with E-state index in [2.05, 4.69) is 49.0 Å². The number of rotatable bonds is 5. The maximum atomic E-state index is 5.76. The van der Waals surface area contributed by atoms with E-state index in [-0.39, 0.29) is 0 Å². The fourth-order valence-electron chi connectivity index (χ4n) is 2.82. The average Bonchev–Trinajstić information content (AvgIpc) is 3.00. The average molecular weight is 302 g/mol. The Kier molecular flexibility index (Phi) is 4.27. The van der Waals surface area contributed by atoms with Gasteiger partial charge in [0.25, 0.3) is 0 Å². The number of benzene rings is 1. The van der Waals surface area contributed by atoms with Crippen molar-refractivity contribution in [1.82, 2.24) is 9.88 Å². The summed E-state index contributed by atoms with van der Waals surface area (Å²) < 4.78 is 5.76. The summed E-state index contributed by atoms with van der Waals surface area (Å²) in [5, 5.41) is 0. The van der Waals surface area contributed by atoms with Crippen LogP contribution >= 0.6 is 11.3 Å². The van der Waals surface area contributed by atoms with Crippen LogP contribution in [0.3, 0.4) is 0 Å². The van der Waals surface area contributed by atoms with Gasteiger partial charge in [0.2, 0.25) is 0 Å². The molecule has 0 fully saturated rings. The third-order valence-electron chi connectivity index (χ3n) is 3.98. The first-order chi connectivity index (χ1) is 10.1. The molecule has 112 valence electrons. The van der Waals surface area contributed by atoms with E-state index in [1.807, 2.05) is 5.51 Å². The molecule has 0 saturated carbocycles. The second-order valence-electron chi connectivity index (χ2n) is 5.92. The maximum absolute atomic E-state index is 5.76. The molecule has 3 rings (SSSR count). The van der Waals surface area contributed by atoms with Gasteiger partial charge in [-0.15, -0.1) is 11.3 Å². The molecule has 4 heteroatoms. The van der Waals surface area contributed by atoms with Crippen LogP contribution in [0.1, 0.15) is 28.6 Å². The summed E-state index contributed by atoms with van der Waals surface area (Å²) in [7, 11) is 2.18. The Morgan fingerprint density at radius 3 is 3.05 bits per heavy atom. The predicted octanol–water partition coefficient (Wildman–Crippen LogP) is 3.45. The Morgan fingerprint density at radius 2 is 2.29 bits per heavy atom. The van der Waals surface area contributed by atoms with Gasteiger partial charge in [-0.3, -0.25) is 0 Å². The second-order valence-corrected chi connectivity index (χ2v) is 6.86. The van der Waals surface area contributed by atoms with Gasteiger partial charge >= 0.3 is 0 Å². The molecular formula is C17H22N2OS. The molecule has 1 aromatic heterocycles. The van der Waals surface area contributed by atoms with Gasteiger partial charge < -0.3 is 9.64 Å². The van der Waals surface area contributed by atoms with Gasteiger partial charge in [-0.2, -0.15) is 0 Å². The molecule has 3 nitrogen and oxygen atoms in total. The number of aryl methyl sites for hydroxylation is 1. The monoisotopic (exact) mass is 302 g/mol. The number of likely N-dealkylation sites (N-methyl/N-ethyl adjacent to an activating group) is 1. The quantitative estimate of drug-likeness (QED) is 0.846. The standard InChI is InChI=1S/C17H22N2OS/c1-12-8-15-9-14(4-5-16(15)20-12)10-19(3)7-6-17-13(2)18-11-21-17/h4-5,9,11-12H,6-8,10H2,1-3H3/t12-/m0/s1. The summed E-state index contributed by atoms with van der Waals surface area (Å²) in [5.74, 6) is 1.06. The van der Waals surface area contributed by atoms with E-state index in [1.165, 1.54) is 21.7 Å². The van der Waals surface area contributed by atoms with Gasteiger partial charge in [-0.1, -0.05) is 12.1 Å². The number of thiazole rings is 1. The third-order valence-corrected chi connectivity index (χ3v) is 4.97. The molecule has 2 heterocycles. The van der Waals surface area contributed by atoms with Crippen LogP contribution < -0.4 is 4.74 Å². The van der Waals surface area contributed by atoms with Gasteiger partial charge in [0, 0.05) is 24.4 Å². The molecule has 1 aliphatic heterocycles. The first-order valence-electron chi connectivity index (χ1n) is 7.48. The van der Waals surface area contributed by atoms with Crippen LogP contribution in [-0.4, -0.2) is 29.6 Å². The molecule has 0 radical (unpaired) electrons. The van der Waals surface area contributed by atoms with E-state index in [9.17, 15) is 0 Å². The fourth-order valence-corrected chi connectivity index (χ4v) is 3.59. The van der Waals surface area contributed by atoms with Crippen LogP contribution in [0, 0.1) is 6.92 Å². The largest absolute Gasteiger partial charge is 0.490 e. The summed E-state index contributed by atoms with van der Waals surface area (Å²) >= 11 is 1.76. The first kappa shape index (κ1) is 14.5. The second kappa shape index (κ2) is 6.16. The van der Waals surface area contributed by atoms with Gasteiger partial charge in [0.1, 0.15) is 11.9 Å². The molecule has 0 spiro atoms. The molecule has 1 atom stereocenters. The Hall–Kier alpha value is -1.39. The molecule has 0 N–H and O–H groups in total. The molecule has 1 aromatic carbocycles. The third kappa shape index (κ3) is 3.44. The Labute approximate surface area is 130 Å². The highest BCUT2D eigenvalue weighted by Gasteiger charge is 2.19. The van der Waals surface area contributed by atoms with Crippen LogP contribution in [0.25, 0.3) is 0 Å². The molecule has 2 aromatic rings. The van der Waals surface area contributed by atoms with Crippen molar-refractivity contribution in [1.29, 1.82) is 0 Å². The lowest BCUT2D eigenvalue weighted by Gasteiger charge is -2.16. The highest BCUT2D eigenvalue weighted by Crippen LogP contribution is 2.29. The lowest BCUT2D eigenvalue weighted by atomic mass is 10.1. The molecule has 0 unspecified atom stereocenters. The predicted molar refractivity (Wildman–Crippen MR) is 87.1 cm³/mol. The topological polar surface area (TPSA) is 25.4 Å². The van der Waals surface area contributed by atoms with E-state index < -0.39 is 0 Å². The van der Waals surface area contributed by atoms with E-state index in [0.717, 1.165) is 31.7 Å². The number of ether oxygens (including phenoxy) is 1. The number of hydrogen-bond acceptors (Lipinski definition) is 4. The summed E-state index contributed by atoms with van der Waals surface area (Å²) in [4.78, 5) is 8.09. The first-order valence-corrected chi connectivity index (χ1v) is 8.36. The summed E-state index contributed by atoms with van der Waals surface area (Å²) in [5.41, 5.74) is 5.84. The van der Waals surface area contributed by atoms with Crippen molar-refractivity contribution in [3.05, 3.63) is 45.4 Å². The number of hydrogen-bond donors (Lipinski definition) is 0. The van der Waals surface area contributed by atoms with E-state index in [0.29, 0.717) is 6.10 Å². The molecule has 0 aliphatic carbocycles. The molecule has 0 bridgehead atoms. The molecule has 21 heavy (non-hydrogen) atoms. The van der Waals surface area contributed by atoms with Crippen LogP contribution in [0.4, 0.5) is 0 Å². The van der Waals surface area contributed by atoms with Crippen molar-refractivity contribution in [3.63, 3.8) is 0 Å². The van der Waals surface area contributed by atoms with Gasteiger partial charge in [-0.25, -0.2) is 4.98 Å². The Bertz CT molecular complexity index is 623. The lowest BCUT2D eigenvalue weighted by molar-refractivity contribution is 0.254. The van der Waals surface area contributed by atoms with Crippen molar-refractivity contribution < 1.29 is 4.74 Å². The molecule has 1 aliphatic rings. The van der Waals surface area contributed by atoms with E-state index in [1.54, 1.807) is 11.3 Å². The fraction of sp³-hybridized carbons (Fsp3) is 0.471. The van der Waals surface area contributed by atoms with Crippen molar-refractivity contribution in [2.45, 2.75) is 39.3 Å². The molecular weight excluding hydrogens is 280 g/mol. The lowest BCUT2D eigenvalue weighted by Crippen LogP contribution is -2.20. The highest BCUT2D eigenvalue weighted by molar-refractivity contribution is 7.09. The van der Waals surface area contributed by atoms with Gasteiger partial charge in [0.15, 0.2) is 0 Å². The van der Waals surface area contributed by atoms with Crippen LogP contribution in [0.15, 0.2) is 23.7 Å². The zero-order valence-corrected chi connectivity index (χ0v) is 13.7. The van der Waals surface area contributed by atoms with Crippen molar-refractivity contribution in [2.24, 2.45) is 0 Å². The Morgan fingerprint density at radius 1 is 1.43 bits per heavy atom. The van der Waals surface area contributed by atoms with Crippen LogP contribution in [0.5, 0.6) is 5.75 Å². The zero-order valence-electron chi connectivity index (χ0n) is 12.9. The van der Waals surface area contributed by atoms with Crippen molar-refractivity contribution in [2.75, 3.05) is 13.6 Å². The molecule has 0 saturated heterocycles. The summed E-state index contributed by atoms with van der Waals surface area (Å²) in [6.07, 6.45) is 2.44. The number of nitrogens with zero attached hydrogens (tertiary/aromatic N) is 2. The maximum Gasteiger partial charge on any atom is 0.123 e. The number of aromatic nitrogens is 1. The summed E-state index contributed by atoms with van der Waals surface area (Å²) in [6, 6.07) is 6.61. The minimum atomic E-state index is 0.322. The van der Waals surface area contributed by atoms with Crippen LogP contribution in [-0.2, 0) is 19.4 Å². The Balaban J connectivity index is 1.57. The summed E-state index contributed by atoms with van der Waals surface area (Å²) in [6.45, 7) is 6.27. The minimum absolute atomic E-state index is 0.322. The van der Waals surface area contributed by atoms with Gasteiger partial charge in [-0.05, 0) is 44.5 Å². The normalized spacial score (nSPS) is 17.0. The molecule has 0 amide bonds. The zero-order chi connectivity index (χ0) is 14.8. The number of fused-ring (bicyclic) bond motifs is 1.